The molecule has 0 radical (unpaired) electrons. The van der Waals surface area contributed by atoms with E-state index in [2.05, 4.69) is 9.88 Å². The molecule has 3 saturated heterocycles. The Kier molecular flexibility index (Phi) is 10.9. The SMILES string of the molecule is O=C(O)C(F)(F)F.O=C(O)C(F)(F)F.c1ccc(OCC2CCOC23CN(CC2CCOCC2)C3)nc1. The van der Waals surface area contributed by atoms with Gasteiger partial charge in [0.05, 0.1) is 12.2 Å². The lowest BCUT2D eigenvalue weighted by atomic mass is 9.80. The number of carboxylic acid groups (broad SMARTS) is 2. The van der Waals surface area contributed by atoms with Gasteiger partial charge >= 0.3 is 24.3 Å². The first kappa shape index (κ1) is 30.6. The number of carboxylic acids is 2. The highest BCUT2D eigenvalue weighted by atomic mass is 19.4. The highest BCUT2D eigenvalue weighted by molar-refractivity contribution is 5.73. The van der Waals surface area contributed by atoms with Crippen molar-refractivity contribution in [1.82, 2.24) is 9.88 Å². The Morgan fingerprint density at radius 1 is 1.00 bits per heavy atom. The molecule has 9 nitrogen and oxygen atoms in total. The fourth-order valence-electron chi connectivity index (χ4n) is 4.12. The number of alkyl halides is 6. The fraction of sp³-hybridized carbons (Fsp3) is 0.682. The average molecular weight is 546 g/mol. The molecule has 3 fully saturated rings. The number of carbonyl (C=O) groups is 2. The summed E-state index contributed by atoms with van der Waals surface area (Å²) in [5.41, 5.74) is 0.0277. The van der Waals surface area contributed by atoms with E-state index in [1.807, 2.05) is 18.2 Å². The van der Waals surface area contributed by atoms with Crippen molar-refractivity contribution in [3.8, 4) is 5.88 Å². The molecule has 1 unspecified atom stereocenters. The summed E-state index contributed by atoms with van der Waals surface area (Å²) < 4.78 is 80.9. The van der Waals surface area contributed by atoms with E-state index in [9.17, 15) is 26.3 Å². The predicted molar refractivity (Wildman–Crippen MR) is 114 cm³/mol. The summed E-state index contributed by atoms with van der Waals surface area (Å²) in [6.45, 7) is 6.74. The van der Waals surface area contributed by atoms with Crippen molar-refractivity contribution in [2.75, 3.05) is 46.1 Å². The maximum absolute atomic E-state index is 10.6. The van der Waals surface area contributed by atoms with E-state index in [1.54, 1.807) is 6.20 Å². The number of aliphatic carboxylic acids is 2. The zero-order chi connectivity index (χ0) is 27.7. The number of hydrogen-bond donors (Lipinski definition) is 2. The van der Waals surface area contributed by atoms with E-state index in [1.165, 1.54) is 19.4 Å². The van der Waals surface area contributed by atoms with Gasteiger partial charge < -0.3 is 24.4 Å². The summed E-state index contributed by atoms with van der Waals surface area (Å²) >= 11 is 0. The highest BCUT2D eigenvalue weighted by Crippen LogP contribution is 2.40. The van der Waals surface area contributed by atoms with E-state index in [0.29, 0.717) is 18.4 Å². The number of aromatic nitrogens is 1. The lowest BCUT2D eigenvalue weighted by Crippen LogP contribution is -2.66. The van der Waals surface area contributed by atoms with Crippen LogP contribution in [0.5, 0.6) is 5.88 Å². The molecule has 4 rings (SSSR count). The molecule has 1 aromatic rings. The topological polar surface area (TPSA) is 118 Å². The Morgan fingerprint density at radius 3 is 2.05 bits per heavy atom. The molecule has 0 aromatic carbocycles. The van der Waals surface area contributed by atoms with Gasteiger partial charge in [-0.15, -0.1) is 0 Å². The average Bonchev–Trinajstić information content (AvgIpc) is 3.22. The molecule has 4 heterocycles. The zero-order valence-electron chi connectivity index (χ0n) is 19.6. The van der Waals surface area contributed by atoms with Gasteiger partial charge in [0.1, 0.15) is 0 Å². The van der Waals surface area contributed by atoms with Crippen LogP contribution in [0.1, 0.15) is 19.3 Å². The second-order valence-electron chi connectivity index (χ2n) is 8.71. The monoisotopic (exact) mass is 546 g/mol. The quantitative estimate of drug-likeness (QED) is 0.537. The van der Waals surface area contributed by atoms with Gasteiger partial charge in [0, 0.05) is 57.6 Å². The third-order valence-electron chi connectivity index (χ3n) is 5.99. The van der Waals surface area contributed by atoms with Crippen LogP contribution in [0.15, 0.2) is 24.4 Å². The van der Waals surface area contributed by atoms with Gasteiger partial charge in [0.25, 0.3) is 0 Å². The number of pyridine rings is 1. The van der Waals surface area contributed by atoms with Crippen LogP contribution >= 0.6 is 0 Å². The molecule has 2 N–H and O–H groups in total. The minimum atomic E-state index is -5.08. The van der Waals surface area contributed by atoms with Gasteiger partial charge in [-0.3, -0.25) is 4.90 Å². The van der Waals surface area contributed by atoms with Crippen molar-refractivity contribution < 1.29 is 60.4 Å². The lowest BCUT2D eigenvalue weighted by molar-refractivity contribution is -0.193. The van der Waals surface area contributed by atoms with Gasteiger partial charge in [0.2, 0.25) is 5.88 Å². The molecule has 210 valence electrons. The normalized spacial score (nSPS) is 21.6. The van der Waals surface area contributed by atoms with Crippen LogP contribution in [0.2, 0.25) is 0 Å². The Labute approximate surface area is 208 Å². The number of rotatable bonds is 5. The summed E-state index contributed by atoms with van der Waals surface area (Å²) in [6, 6.07) is 5.79. The number of nitrogens with zero attached hydrogens (tertiary/aromatic N) is 2. The molecule has 0 saturated carbocycles. The van der Waals surface area contributed by atoms with Crippen molar-refractivity contribution in [3.63, 3.8) is 0 Å². The van der Waals surface area contributed by atoms with Crippen molar-refractivity contribution in [2.24, 2.45) is 11.8 Å². The zero-order valence-corrected chi connectivity index (χ0v) is 19.6. The third-order valence-corrected chi connectivity index (χ3v) is 5.99. The number of ether oxygens (including phenoxy) is 3. The predicted octanol–water partition coefficient (Wildman–Crippen LogP) is 3.24. The Balaban J connectivity index is 0.000000286. The first-order chi connectivity index (χ1) is 17.2. The maximum atomic E-state index is 10.6. The van der Waals surface area contributed by atoms with E-state index >= 15 is 0 Å². The van der Waals surface area contributed by atoms with Gasteiger partial charge in [0.15, 0.2) is 0 Å². The van der Waals surface area contributed by atoms with Crippen LogP contribution < -0.4 is 4.74 Å². The van der Waals surface area contributed by atoms with Crippen LogP contribution in [0.25, 0.3) is 0 Å². The van der Waals surface area contributed by atoms with Gasteiger partial charge in [-0.2, -0.15) is 26.3 Å². The molecule has 1 atom stereocenters. The largest absolute Gasteiger partial charge is 0.490 e. The molecule has 15 heteroatoms. The fourth-order valence-corrected chi connectivity index (χ4v) is 4.12. The summed E-state index contributed by atoms with van der Waals surface area (Å²) in [4.78, 5) is 24.6. The molecule has 0 bridgehead atoms. The minimum Gasteiger partial charge on any atom is -0.477 e. The van der Waals surface area contributed by atoms with E-state index in [4.69, 9.17) is 34.0 Å². The van der Waals surface area contributed by atoms with E-state index in [-0.39, 0.29) is 5.60 Å². The molecule has 1 spiro atoms. The first-order valence-corrected chi connectivity index (χ1v) is 11.3. The van der Waals surface area contributed by atoms with Gasteiger partial charge in [-0.25, -0.2) is 14.6 Å². The summed E-state index contributed by atoms with van der Waals surface area (Å²) in [5.74, 6) is -3.52. The van der Waals surface area contributed by atoms with Crippen LogP contribution in [0, 0.1) is 11.8 Å². The lowest BCUT2D eigenvalue weighted by Gasteiger charge is -2.51. The van der Waals surface area contributed by atoms with Gasteiger partial charge in [-0.05, 0) is 31.2 Å². The minimum absolute atomic E-state index is 0.0277. The number of hydrogen-bond acceptors (Lipinski definition) is 7. The molecule has 0 amide bonds. The summed E-state index contributed by atoms with van der Waals surface area (Å²) in [7, 11) is 0. The van der Waals surface area contributed by atoms with Crippen molar-refractivity contribution in [1.29, 1.82) is 0 Å². The van der Waals surface area contributed by atoms with Gasteiger partial charge in [-0.1, -0.05) is 6.07 Å². The van der Waals surface area contributed by atoms with E-state index in [0.717, 1.165) is 45.2 Å². The highest BCUT2D eigenvalue weighted by Gasteiger charge is 2.53. The molecular weight excluding hydrogens is 518 g/mol. The van der Waals surface area contributed by atoms with E-state index < -0.39 is 24.3 Å². The second-order valence-corrected chi connectivity index (χ2v) is 8.71. The molecule has 1 aromatic heterocycles. The van der Waals surface area contributed by atoms with Crippen LogP contribution in [-0.2, 0) is 19.1 Å². The smallest absolute Gasteiger partial charge is 0.477 e. The van der Waals surface area contributed by atoms with Crippen LogP contribution in [-0.4, -0.2) is 96.1 Å². The number of halogens is 6. The van der Waals surface area contributed by atoms with Crippen LogP contribution in [0.4, 0.5) is 26.3 Å². The van der Waals surface area contributed by atoms with Crippen molar-refractivity contribution in [2.45, 2.75) is 37.2 Å². The van der Waals surface area contributed by atoms with Crippen molar-refractivity contribution in [3.05, 3.63) is 24.4 Å². The summed E-state index contributed by atoms with van der Waals surface area (Å²) in [5, 5.41) is 14.2. The summed E-state index contributed by atoms with van der Waals surface area (Å²) in [6.07, 6.45) is -4.89. The standard InChI is InChI=1S/C18H26N2O3.2C2HF3O2/c1-2-7-19-17(3-1)22-12-16-6-10-23-18(16)13-20(14-18)11-15-4-8-21-9-5-15;2*3-2(4,5)1(6)7/h1-3,7,15-16H,4-6,8-14H2;2*(H,6,7). The number of likely N-dealkylation sites (tertiary alicyclic amines) is 1. The molecule has 3 aliphatic rings. The molecule has 37 heavy (non-hydrogen) atoms. The maximum Gasteiger partial charge on any atom is 0.490 e. The molecular formula is C22H28F6N2O7. The van der Waals surface area contributed by atoms with Crippen LogP contribution in [0.3, 0.4) is 0 Å². The Bertz CT molecular complexity index is 833. The first-order valence-electron chi connectivity index (χ1n) is 11.3. The molecule has 0 aliphatic carbocycles. The third kappa shape index (κ3) is 9.97. The Morgan fingerprint density at radius 2 is 1.57 bits per heavy atom. The molecule has 3 aliphatic heterocycles. The van der Waals surface area contributed by atoms with Crippen molar-refractivity contribution >= 4 is 11.9 Å². The second kappa shape index (κ2) is 13.2. The Hall–Kier alpha value is -2.65.